The normalized spacial score (nSPS) is 10.6. The number of rotatable bonds is 6. The van der Waals surface area contributed by atoms with Crippen LogP contribution in [0.1, 0.15) is 29.8 Å². The topological polar surface area (TPSA) is 72.6 Å². The molecule has 132 valence electrons. The maximum absolute atomic E-state index is 12.4. The summed E-state index contributed by atoms with van der Waals surface area (Å²) in [5.41, 5.74) is 7.23. The molecule has 25 heavy (non-hydrogen) atoms. The number of nitrogen functional groups attached to an aromatic ring is 1. The van der Waals surface area contributed by atoms with Crippen LogP contribution in [0.2, 0.25) is 5.02 Å². The maximum Gasteiger partial charge on any atom is 0.338 e. The lowest BCUT2D eigenvalue weighted by atomic mass is 10.2. The molecule has 0 aliphatic rings. The van der Waals surface area contributed by atoms with E-state index in [2.05, 4.69) is 0 Å². The van der Waals surface area contributed by atoms with Crippen molar-refractivity contribution in [1.29, 1.82) is 0 Å². The van der Waals surface area contributed by atoms with Gasteiger partial charge in [0.25, 0.3) is 5.91 Å². The van der Waals surface area contributed by atoms with Crippen molar-refractivity contribution in [3.8, 4) is 0 Å². The number of nitrogens with two attached hydrogens (primary N) is 1. The Hall–Kier alpha value is -2.53. The van der Waals surface area contributed by atoms with Gasteiger partial charge in [0, 0.05) is 12.6 Å². The molecule has 0 bridgehead atoms. The number of carbonyl (C=O) groups is 2. The number of esters is 1. The average Bonchev–Trinajstić information content (AvgIpc) is 2.60. The van der Waals surface area contributed by atoms with Crippen LogP contribution in [-0.4, -0.2) is 29.4 Å². The predicted octanol–water partition coefficient (Wildman–Crippen LogP) is 3.52. The summed E-state index contributed by atoms with van der Waals surface area (Å²) < 4.78 is 5.12. The summed E-state index contributed by atoms with van der Waals surface area (Å²) in [5, 5.41) is 0.362. The van der Waals surface area contributed by atoms with Crippen LogP contribution >= 0.6 is 11.6 Å². The minimum atomic E-state index is -0.611. The highest BCUT2D eigenvalue weighted by Crippen LogP contribution is 2.20. The maximum atomic E-state index is 12.4. The fourth-order valence-electron chi connectivity index (χ4n) is 2.30. The van der Waals surface area contributed by atoms with Gasteiger partial charge in [0.1, 0.15) is 0 Å². The van der Waals surface area contributed by atoms with Gasteiger partial charge < -0.3 is 15.4 Å². The smallest absolute Gasteiger partial charge is 0.338 e. The van der Waals surface area contributed by atoms with Crippen LogP contribution in [-0.2, 0) is 16.1 Å². The van der Waals surface area contributed by atoms with E-state index in [9.17, 15) is 9.59 Å². The number of hydrogen-bond acceptors (Lipinski definition) is 4. The molecule has 2 rings (SSSR count). The highest BCUT2D eigenvalue weighted by Gasteiger charge is 2.19. The van der Waals surface area contributed by atoms with E-state index in [1.54, 1.807) is 4.90 Å². The lowest BCUT2D eigenvalue weighted by Gasteiger charge is -2.26. The molecule has 0 aliphatic carbocycles. The largest absolute Gasteiger partial charge is 0.452 e. The molecule has 0 aromatic heterocycles. The molecule has 0 saturated heterocycles. The third-order valence-electron chi connectivity index (χ3n) is 3.70. The standard InChI is InChI=1S/C19H21ClN2O3/c1-13(2)22(11-14-6-4-3-5-7-14)18(23)12-25-19(24)15-8-9-16(20)17(21)10-15/h3-10,13H,11-12,21H2,1-2H3. The van der Waals surface area contributed by atoms with E-state index in [1.165, 1.54) is 18.2 Å². The van der Waals surface area contributed by atoms with E-state index in [1.807, 2.05) is 44.2 Å². The van der Waals surface area contributed by atoms with Gasteiger partial charge in [0.15, 0.2) is 6.61 Å². The second kappa shape index (κ2) is 8.53. The van der Waals surface area contributed by atoms with Crippen LogP contribution in [0.5, 0.6) is 0 Å². The number of ether oxygens (including phenoxy) is 1. The zero-order valence-corrected chi connectivity index (χ0v) is 15.0. The summed E-state index contributed by atoms with van der Waals surface area (Å²) in [5.74, 6) is -0.866. The zero-order valence-electron chi connectivity index (χ0n) is 14.2. The van der Waals surface area contributed by atoms with Gasteiger partial charge in [-0.05, 0) is 37.6 Å². The third-order valence-corrected chi connectivity index (χ3v) is 4.04. The number of anilines is 1. The molecule has 0 saturated carbocycles. The second-order valence-corrected chi connectivity index (χ2v) is 6.32. The Bertz CT molecular complexity index is 748. The van der Waals surface area contributed by atoms with Crippen molar-refractivity contribution in [3.05, 3.63) is 64.7 Å². The lowest BCUT2D eigenvalue weighted by Crippen LogP contribution is -2.39. The van der Waals surface area contributed by atoms with Crippen molar-refractivity contribution < 1.29 is 14.3 Å². The Labute approximate surface area is 152 Å². The monoisotopic (exact) mass is 360 g/mol. The Balaban J connectivity index is 1.98. The first-order valence-electron chi connectivity index (χ1n) is 7.94. The Morgan fingerprint density at radius 2 is 1.84 bits per heavy atom. The summed E-state index contributed by atoms with van der Waals surface area (Å²) in [7, 11) is 0. The number of hydrogen-bond donors (Lipinski definition) is 1. The summed E-state index contributed by atoms with van der Waals surface area (Å²) in [6, 6.07) is 14.1. The second-order valence-electron chi connectivity index (χ2n) is 5.91. The molecule has 1 amide bonds. The predicted molar refractivity (Wildman–Crippen MR) is 98.3 cm³/mol. The SMILES string of the molecule is CC(C)N(Cc1ccccc1)C(=O)COC(=O)c1ccc(Cl)c(N)c1. The van der Waals surface area contributed by atoms with Crippen LogP contribution in [0, 0.1) is 0 Å². The molecule has 0 radical (unpaired) electrons. The molecular formula is C19H21ClN2O3. The van der Waals surface area contributed by atoms with E-state index in [4.69, 9.17) is 22.1 Å². The fraction of sp³-hybridized carbons (Fsp3) is 0.263. The molecule has 5 nitrogen and oxygen atoms in total. The summed E-state index contributed by atoms with van der Waals surface area (Å²) in [4.78, 5) is 26.2. The molecule has 2 aromatic carbocycles. The number of benzene rings is 2. The Morgan fingerprint density at radius 1 is 1.16 bits per heavy atom. The minimum absolute atomic E-state index is 0.0161. The van der Waals surface area contributed by atoms with E-state index < -0.39 is 5.97 Å². The van der Waals surface area contributed by atoms with E-state index in [0.717, 1.165) is 5.56 Å². The van der Waals surface area contributed by atoms with Crippen LogP contribution in [0.3, 0.4) is 0 Å². The first kappa shape index (κ1) is 18.8. The number of nitrogens with zero attached hydrogens (tertiary/aromatic N) is 1. The molecule has 0 fully saturated rings. The molecule has 0 aliphatic heterocycles. The summed E-state index contributed by atoms with van der Waals surface area (Å²) in [6.07, 6.45) is 0. The van der Waals surface area contributed by atoms with E-state index in [-0.39, 0.29) is 29.8 Å². The average molecular weight is 361 g/mol. The van der Waals surface area contributed by atoms with E-state index >= 15 is 0 Å². The molecular weight excluding hydrogens is 340 g/mol. The van der Waals surface area contributed by atoms with Gasteiger partial charge >= 0.3 is 5.97 Å². The Kier molecular flexibility index (Phi) is 6.42. The third kappa shape index (κ3) is 5.22. The first-order valence-corrected chi connectivity index (χ1v) is 8.32. The van der Waals surface area contributed by atoms with Gasteiger partial charge in [0.05, 0.1) is 16.3 Å². The van der Waals surface area contributed by atoms with Crippen molar-refractivity contribution in [2.45, 2.75) is 26.4 Å². The summed E-state index contributed by atoms with van der Waals surface area (Å²) in [6.45, 7) is 3.97. The number of amides is 1. The summed E-state index contributed by atoms with van der Waals surface area (Å²) >= 11 is 5.83. The molecule has 2 N–H and O–H groups in total. The minimum Gasteiger partial charge on any atom is -0.452 e. The first-order chi connectivity index (χ1) is 11.9. The Morgan fingerprint density at radius 3 is 2.44 bits per heavy atom. The quantitative estimate of drug-likeness (QED) is 0.632. The zero-order chi connectivity index (χ0) is 18.4. The van der Waals surface area contributed by atoms with Crippen LogP contribution in [0.15, 0.2) is 48.5 Å². The lowest BCUT2D eigenvalue weighted by molar-refractivity contribution is -0.136. The van der Waals surface area contributed by atoms with Gasteiger partial charge in [-0.15, -0.1) is 0 Å². The fourth-order valence-corrected chi connectivity index (χ4v) is 2.42. The molecule has 0 heterocycles. The van der Waals surface area contributed by atoms with Gasteiger partial charge in [-0.2, -0.15) is 0 Å². The highest BCUT2D eigenvalue weighted by atomic mass is 35.5. The van der Waals surface area contributed by atoms with Crippen molar-refractivity contribution >= 4 is 29.2 Å². The molecule has 0 atom stereocenters. The van der Waals surface area contributed by atoms with Gasteiger partial charge in [0.2, 0.25) is 0 Å². The van der Waals surface area contributed by atoms with Crippen molar-refractivity contribution in [2.75, 3.05) is 12.3 Å². The van der Waals surface area contributed by atoms with Crippen LogP contribution in [0.4, 0.5) is 5.69 Å². The molecule has 2 aromatic rings. The van der Waals surface area contributed by atoms with Crippen molar-refractivity contribution in [1.82, 2.24) is 4.90 Å². The van der Waals surface area contributed by atoms with Crippen molar-refractivity contribution in [2.24, 2.45) is 0 Å². The molecule has 0 spiro atoms. The van der Waals surface area contributed by atoms with Crippen molar-refractivity contribution in [3.63, 3.8) is 0 Å². The van der Waals surface area contributed by atoms with Crippen LogP contribution in [0.25, 0.3) is 0 Å². The molecule has 0 unspecified atom stereocenters. The van der Waals surface area contributed by atoms with Gasteiger partial charge in [-0.3, -0.25) is 4.79 Å². The highest BCUT2D eigenvalue weighted by molar-refractivity contribution is 6.33. The number of carbonyl (C=O) groups excluding carboxylic acids is 2. The van der Waals surface area contributed by atoms with E-state index in [0.29, 0.717) is 11.6 Å². The van der Waals surface area contributed by atoms with Gasteiger partial charge in [-0.25, -0.2) is 4.79 Å². The number of halogens is 1. The van der Waals surface area contributed by atoms with Crippen LogP contribution < -0.4 is 5.73 Å². The van der Waals surface area contributed by atoms with Gasteiger partial charge in [-0.1, -0.05) is 41.9 Å². The molecule has 6 heteroatoms.